The van der Waals surface area contributed by atoms with Gasteiger partial charge in [0.2, 0.25) is 0 Å². The van der Waals surface area contributed by atoms with Crippen LogP contribution in [0.1, 0.15) is 130 Å². The van der Waals surface area contributed by atoms with Gasteiger partial charge in [0.05, 0.1) is 23.0 Å². The zero-order valence-corrected chi connectivity index (χ0v) is 22.3. The van der Waals surface area contributed by atoms with Crippen LogP contribution in [0.2, 0.25) is 0 Å². The van der Waals surface area contributed by atoms with E-state index in [1.165, 1.54) is 6.07 Å². The highest BCUT2D eigenvalue weighted by Crippen LogP contribution is 2.35. The van der Waals surface area contributed by atoms with Gasteiger partial charge in [-0.15, -0.1) is 0 Å². The van der Waals surface area contributed by atoms with E-state index < -0.39 is 29.3 Å². The Morgan fingerprint density at radius 2 is 1.19 bits per heavy atom. The summed E-state index contributed by atoms with van der Waals surface area (Å²) in [4.78, 5) is 44.8. The van der Waals surface area contributed by atoms with Crippen LogP contribution in [-0.2, 0) is 22.4 Å². The number of aliphatic carboxylic acids is 2. The number of carboxylic acids is 4. The van der Waals surface area contributed by atoms with Crippen molar-refractivity contribution in [3.8, 4) is 0 Å². The van der Waals surface area contributed by atoms with Crippen LogP contribution < -0.4 is 0 Å². The molecule has 0 radical (unpaired) electrons. The molecule has 0 aliphatic carbocycles. The van der Waals surface area contributed by atoms with Crippen LogP contribution in [0.5, 0.6) is 0 Å². The van der Waals surface area contributed by atoms with Crippen LogP contribution in [0.3, 0.4) is 0 Å². The Morgan fingerprint density at radius 1 is 0.694 bits per heavy atom. The van der Waals surface area contributed by atoms with Crippen LogP contribution in [0.4, 0.5) is 0 Å². The van der Waals surface area contributed by atoms with E-state index in [1.54, 1.807) is 6.07 Å². The molecule has 0 aliphatic rings. The van der Waals surface area contributed by atoms with E-state index in [4.69, 9.17) is 10.2 Å². The highest BCUT2D eigenvalue weighted by Gasteiger charge is 2.39. The quantitative estimate of drug-likeness (QED) is 0.182. The molecule has 0 fully saturated rings. The molecule has 0 saturated carbocycles. The standard InChI is InChI=1S/C16H22O4.C12H22O4/c1-3-5-7-11-9-10-13(15(17)18)14(16(19)20)12(11)8-6-4-2;1-3-5-7-12(11(15)16,8-6-4-2)9-10(13)14/h9-10H,3-8H2,1-2H3,(H,17,18)(H,19,20);3-9H2,1-2H3,(H,13,14)(H,15,16). The van der Waals surface area contributed by atoms with E-state index in [9.17, 15) is 29.4 Å². The molecule has 8 nitrogen and oxygen atoms in total. The number of aromatic carboxylic acids is 2. The van der Waals surface area contributed by atoms with Gasteiger partial charge in [-0.3, -0.25) is 9.59 Å². The van der Waals surface area contributed by atoms with Crippen LogP contribution in [-0.4, -0.2) is 44.3 Å². The van der Waals surface area contributed by atoms with Gasteiger partial charge in [-0.1, -0.05) is 72.3 Å². The molecule has 36 heavy (non-hydrogen) atoms. The van der Waals surface area contributed by atoms with Crippen LogP contribution >= 0.6 is 0 Å². The molecule has 4 N–H and O–H groups in total. The molecule has 0 saturated heterocycles. The molecule has 0 atom stereocenters. The summed E-state index contributed by atoms with van der Waals surface area (Å²) in [6.45, 7) is 8.07. The second kappa shape index (κ2) is 17.5. The molecular formula is C28H44O8. The van der Waals surface area contributed by atoms with Gasteiger partial charge in [-0.2, -0.15) is 0 Å². The first-order valence-electron chi connectivity index (χ1n) is 13.1. The summed E-state index contributed by atoms with van der Waals surface area (Å²) in [7, 11) is 0. The van der Waals surface area contributed by atoms with E-state index in [-0.39, 0.29) is 17.5 Å². The number of hydrogen-bond donors (Lipinski definition) is 4. The number of carbonyl (C=O) groups is 4. The number of hydrogen-bond acceptors (Lipinski definition) is 4. The molecule has 0 bridgehead atoms. The van der Waals surface area contributed by atoms with Crippen molar-refractivity contribution < 1.29 is 39.6 Å². The predicted octanol–water partition coefficient (Wildman–Crippen LogP) is 6.68. The highest BCUT2D eigenvalue weighted by atomic mass is 16.4. The minimum atomic E-state index is -1.18. The molecule has 0 amide bonds. The summed E-state index contributed by atoms with van der Waals surface area (Å²) >= 11 is 0. The first-order valence-corrected chi connectivity index (χ1v) is 13.1. The van der Waals surface area contributed by atoms with E-state index in [0.717, 1.165) is 63.4 Å². The largest absolute Gasteiger partial charge is 0.481 e. The van der Waals surface area contributed by atoms with E-state index in [0.29, 0.717) is 24.8 Å². The molecule has 0 aromatic heterocycles. The first-order chi connectivity index (χ1) is 17.0. The van der Waals surface area contributed by atoms with Crippen molar-refractivity contribution in [1.82, 2.24) is 0 Å². The Morgan fingerprint density at radius 3 is 1.58 bits per heavy atom. The van der Waals surface area contributed by atoms with Crippen molar-refractivity contribution in [2.45, 2.75) is 111 Å². The maximum Gasteiger partial charge on any atom is 0.336 e. The average Bonchev–Trinajstić information content (AvgIpc) is 2.82. The SMILES string of the molecule is CCCCC(CCCC)(CC(=O)O)C(=O)O.CCCCc1ccc(C(=O)O)c(C(=O)O)c1CCCC. The number of unbranched alkanes of at least 4 members (excludes halogenated alkanes) is 4. The number of benzene rings is 1. The Bertz CT molecular complexity index is 851. The fourth-order valence-electron chi connectivity index (χ4n) is 4.27. The van der Waals surface area contributed by atoms with E-state index in [1.807, 2.05) is 20.8 Å². The normalized spacial score (nSPS) is 10.9. The molecule has 8 heteroatoms. The zero-order chi connectivity index (χ0) is 27.7. The second-order valence-corrected chi connectivity index (χ2v) is 9.31. The first kappa shape index (κ1) is 33.1. The lowest BCUT2D eigenvalue weighted by atomic mass is 9.75. The summed E-state index contributed by atoms with van der Waals surface area (Å²) in [6.07, 6.45) is 9.22. The van der Waals surface area contributed by atoms with Crippen LogP contribution in [0.15, 0.2) is 12.1 Å². The minimum Gasteiger partial charge on any atom is -0.481 e. The van der Waals surface area contributed by atoms with Crippen molar-refractivity contribution in [3.05, 3.63) is 34.4 Å². The third-order valence-electron chi connectivity index (χ3n) is 6.40. The Labute approximate surface area is 214 Å². The molecule has 204 valence electrons. The fourth-order valence-corrected chi connectivity index (χ4v) is 4.27. The molecule has 0 aliphatic heterocycles. The van der Waals surface area contributed by atoms with E-state index >= 15 is 0 Å². The van der Waals surface area contributed by atoms with Gasteiger partial charge in [0, 0.05) is 0 Å². The van der Waals surface area contributed by atoms with Gasteiger partial charge >= 0.3 is 23.9 Å². The van der Waals surface area contributed by atoms with Crippen LogP contribution in [0.25, 0.3) is 0 Å². The number of rotatable bonds is 17. The van der Waals surface area contributed by atoms with E-state index in [2.05, 4.69) is 6.92 Å². The smallest absolute Gasteiger partial charge is 0.336 e. The minimum absolute atomic E-state index is 0.0282. The van der Waals surface area contributed by atoms with Gasteiger partial charge in [0.25, 0.3) is 0 Å². The lowest BCUT2D eigenvalue weighted by Crippen LogP contribution is -2.33. The topological polar surface area (TPSA) is 149 Å². The monoisotopic (exact) mass is 508 g/mol. The molecule has 1 aromatic carbocycles. The Hall–Kier alpha value is -2.90. The van der Waals surface area contributed by atoms with Crippen molar-refractivity contribution in [1.29, 1.82) is 0 Å². The molecule has 1 rings (SSSR count). The van der Waals surface area contributed by atoms with Crippen molar-refractivity contribution in [2.24, 2.45) is 5.41 Å². The zero-order valence-electron chi connectivity index (χ0n) is 22.3. The van der Waals surface area contributed by atoms with Gasteiger partial charge in [-0.05, 0) is 55.7 Å². The van der Waals surface area contributed by atoms with Crippen molar-refractivity contribution >= 4 is 23.9 Å². The lowest BCUT2D eigenvalue weighted by molar-refractivity contribution is -0.157. The number of aryl methyl sites for hydroxylation is 1. The maximum atomic E-state index is 11.5. The van der Waals surface area contributed by atoms with Crippen LogP contribution in [0, 0.1) is 5.41 Å². The van der Waals surface area contributed by atoms with Gasteiger partial charge in [0.15, 0.2) is 0 Å². The third kappa shape index (κ3) is 10.8. The Balaban J connectivity index is 0.000000700. The number of carboxylic acid groups (broad SMARTS) is 4. The summed E-state index contributed by atoms with van der Waals surface area (Å²) < 4.78 is 0. The summed E-state index contributed by atoms with van der Waals surface area (Å²) in [5.74, 6) is -4.31. The second-order valence-electron chi connectivity index (χ2n) is 9.31. The summed E-state index contributed by atoms with van der Waals surface area (Å²) in [5, 5.41) is 36.6. The van der Waals surface area contributed by atoms with Gasteiger partial charge in [0.1, 0.15) is 0 Å². The average molecular weight is 509 g/mol. The van der Waals surface area contributed by atoms with Crippen molar-refractivity contribution in [3.63, 3.8) is 0 Å². The van der Waals surface area contributed by atoms with Crippen molar-refractivity contribution in [2.75, 3.05) is 0 Å². The third-order valence-corrected chi connectivity index (χ3v) is 6.40. The van der Waals surface area contributed by atoms with Gasteiger partial charge in [-0.25, -0.2) is 9.59 Å². The Kier molecular flexibility index (Phi) is 16.1. The summed E-state index contributed by atoms with van der Waals surface area (Å²) in [5.41, 5.74) is 0.483. The fraction of sp³-hybridized carbons (Fsp3) is 0.643. The predicted molar refractivity (Wildman–Crippen MR) is 139 cm³/mol. The lowest BCUT2D eigenvalue weighted by Gasteiger charge is -2.27. The molecular weight excluding hydrogens is 464 g/mol. The maximum absolute atomic E-state index is 11.5. The summed E-state index contributed by atoms with van der Waals surface area (Å²) in [6, 6.07) is 3.20. The van der Waals surface area contributed by atoms with Gasteiger partial charge < -0.3 is 20.4 Å². The molecule has 0 unspecified atom stereocenters. The molecule has 0 heterocycles. The molecule has 1 aromatic rings. The highest BCUT2D eigenvalue weighted by molar-refractivity contribution is 6.03. The molecule has 0 spiro atoms.